The number of carboxylic acids is 1. The van der Waals surface area contributed by atoms with Gasteiger partial charge in [0.1, 0.15) is 0 Å². The molecule has 0 bridgehead atoms. The van der Waals surface area contributed by atoms with Gasteiger partial charge in [0.05, 0.1) is 12.3 Å². The number of amides is 1. The van der Waals surface area contributed by atoms with Gasteiger partial charge in [-0.25, -0.2) is 0 Å². The summed E-state index contributed by atoms with van der Waals surface area (Å²) in [6, 6.07) is 16.4. The second-order valence-electron chi connectivity index (χ2n) is 10.3. The molecule has 0 saturated heterocycles. The number of rotatable bonds is 10. The summed E-state index contributed by atoms with van der Waals surface area (Å²) in [4.78, 5) is 29.6. The monoisotopic (exact) mass is 498 g/mol. The molecule has 1 aromatic heterocycles. The zero-order valence-electron chi connectivity index (χ0n) is 22.2. The van der Waals surface area contributed by atoms with Crippen molar-refractivity contribution in [2.24, 2.45) is 5.92 Å². The molecule has 5 nitrogen and oxygen atoms in total. The number of nitrogens with zero attached hydrogens (tertiary/aromatic N) is 1. The van der Waals surface area contributed by atoms with Crippen LogP contribution in [-0.4, -0.2) is 22.0 Å². The number of aromatic nitrogens is 1. The molecule has 2 N–H and O–H groups in total. The van der Waals surface area contributed by atoms with Crippen molar-refractivity contribution in [2.75, 3.05) is 5.32 Å². The Balaban J connectivity index is 1.60. The Hall–Kier alpha value is -3.47. The van der Waals surface area contributed by atoms with E-state index >= 15 is 0 Å². The Kier molecular flexibility index (Phi) is 8.75. The average Bonchev–Trinajstić information content (AvgIpc) is 3.43. The number of carboxylic acid groups (broad SMARTS) is 1. The third-order valence-electron chi connectivity index (χ3n) is 7.95. The lowest BCUT2D eigenvalue weighted by Gasteiger charge is -2.25. The van der Waals surface area contributed by atoms with Crippen LogP contribution in [0.5, 0.6) is 0 Å². The number of carbonyl (C=O) groups is 2. The molecule has 37 heavy (non-hydrogen) atoms. The highest BCUT2D eigenvalue weighted by Gasteiger charge is 2.32. The highest BCUT2D eigenvalue weighted by molar-refractivity contribution is 5.97. The van der Waals surface area contributed by atoms with E-state index in [9.17, 15) is 14.7 Å². The number of hydrogen-bond donors (Lipinski definition) is 2. The van der Waals surface area contributed by atoms with Gasteiger partial charge in [-0.15, -0.1) is 0 Å². The van der Waals surface area contributed by atoms with Crippen molar-refractivity contribution in [1.29, 1.82) is 0 Å². The highest BCUT2D eigenvalue weighted by atomic mass is 16.4. The molecule has 0 radical (unpaired) electrons. The minimum Gasteiger partial charge on any atom is -0.481 e. The van der Waals surface area contributed by atoms with Gasteiger partial charge in [-0.2, -0.15) is 0 Å². The van der Waals surface area contributed by atoms with E-state index in [1.807, 2.05) is 44.4 Å². The lowest BCUT2D eigenvalue weighted by Crippen LogP contribution is -2.27. The van der Waals surface area contributed by atoms with E-state index in [0.717, 1.165) is 72.0 Å². The molecule has 1 aliphatic rings. The summed E-state index contributed by atoms with van der Waals surface area (Å²) in [5.74, 6) is -0.771. The number of pyridine rings is 1. The summed E-state index contributed by atoms with van der Waals surface area (Å²) in [6.07, 6.45) is 9.97. The average molecular weight is 499 g/mol. The molecule has 0 aliphatic heterocycles. The van der Waals surface area contributed by atoms with Crippen LogP contribution in [0.4, 0.5) is 5.69 Å². The number of aliphatic carboxylic acids is 1. The number of hydrogen-bond acceptors (Lipinski definition) is 3. The molecule has 1 fully saturated rings. The van der Waals surface area contributed by atoms with Crippen LogP contribution in [0.2, 0.25) is 0 Å². The van der Waals surface area contributed by atoms with Crippen LogP contribution in [0, 0.1) is 12.8 Å². The molecule has 2 atom stereocenters. The lowest BCUT2D eigenvalue weighted by molar-refractivity contribution is -0.137. The molecule has 0 spiro atoms. The van der Waals surface area contributed by atoms with Crippen molar-refractivity contribution >= 4 is 17.6 Å². The number of anilines is 1. The minimum atomic E-state index is -0.803. The molecular formula is C32H38N2O3. The highest BCUT2D eigenvalue weighted by Crippen LogP contribution is 2.39. The minimum absolute atomic E-state index is 0.0147. The van der Waals surface area contributed by atoms with E-state index in [4.69, 9.17) is 0 Å². The van der Waals surface area contributed by atoms with E-state index in [-0.39, 0.29) is 24.2 Å². The summed E-state index contributed by atoms with van der Waals surface area (Å²) in [5, 5.41) is 12.6. The zero-order chi connectivity index (χ0) is 26.4. The predicted molar refractivity (Wildman–Crippen MR) is 149 cm³/mol. The van der Waals surface area contributed by atoms with E-state index in [1.165, 1.54) is 5.56 Å². The Morgan fingerprint density at radius 1 is 1.03 bits per heavy atom. The summed E-state index contributed by atoms with van der Waals surface area (Å²) in [6.45, 7) is 6.11. The van der Waals surface area contributed by atoms with Crippen LogP contribution in [0.3, 0.4) is 0 Å². The Bertz CT molecular complexity index is 1230. The SMILES string of the molecule is CCc1cncc(-c2ccc([C@H](C(=O)Nc3cccc([C@H](CC)CC(=O)O)c3C)C3CCCC3)cc2)c1. The Morgan fingerprint density at radius 2 is 1.76 bits per heavy atom. The van der Waals surface area contributed by atoms with Gasteiger partial charge in [-0.1, -0.05) is 63.1 Å². The predicted octanol–water partition coefficient (Wildman–Crippen LogP) is 7.50. The maximum absolute atomic E-state index is 13.8. The van der Waals surface area contributed by atoms with Crippen LogP contribution >= 0.6 is 0 Å². The van der Waals surface area contributed by atoms with Crippen LogP contribution in [0.1, 0.15) is 86.5 Å². The maximum atomic E-state index is 13.8. The first-order valence-electron chi connectivity index (χ1n) is 13.6. The van der Waals surface area contributed by atoms with Crippen LogP contribution < -0.4 is 5.32 Å². The summed E-state index contributed by atoms with van der Waals surface area (Å²) >= 11 is 0. The molecule has 1 heterocycles. The number of aryl methyl sites for hydroxylation is 1. The van der Waals surface area contributed by atoms with Gasteiger partial charge in [0.2, 0.25) is 5.91 Å². The fraction of sp³-hybridized carbons (Fsp3) is 0.406. The quantitative estimate of drug-likeness (QED) is 0.303. The van der Waals surface area contributed by atoms with Crippen molar-refractivity contribution in [3.05, 3.63) is 83.2 Å². The maximum Gasteiger partial charge on any atom is 0.303 e. The van der Waals surface area contributed by atoms with Crippen molar-refractivity contribution in [2.45, 2.75) is 77.6 Å². The first-order valence-corrected chi connectivity index (χ1v) is 13.6. The summed E-state index contributed by atoms with van der Waals surface area (Å²) < 4.78 is 0. The molecule has 1 amide bonds. The van der Waals surface area contributed by atoms with Gasteiger partial charge in [0.15, 0.2) is 0 Å². The molecule has 3 aromatic rings. The second-order valence-corrected chi connectivity index (χ2v) is 10.3. The van der Waals surface area contributed by atoms with Gasteiger partial charge < -0.3 is 10.4 Å². The summed E-state index contributed by atoms with van der Waals surface area (Å²) in [7, 11) is 0. The second kappa shape index (κ2) is 12.2. The van der Waals surface area contributed by atoms with Crippen molar-refractivity contribution in [3.8, 4) is 11.1 Å². The number of nitrogens with one attached hydrogen (secondary N) is 1. The Labute approximate surface area is 220 Å². The fourth-order valence-corrected chi connectivity index (χ4v) is 5.78. The standard InChI is InChI=1S/C32H38N2O3/c1-4-22-17-27(20-33-19-22)24-13-15-26(16-14-24)31(25-9-6-7-10-25)32(37)34-29-12-8-11-28(21(29)3)23(5-2)18-30(35)36/h8,11-17,19-20,23,25,31H,4-7,9-10,18H2,1-3H3,(H,34,37)(H,35,36)/t23-,31-/m1/s1. The van der Waals surface area contributed by atoms with E-state index in [2.05, 4.69) is 47.6 Å². The molecule has 1 saturated carbocycles. The molecular weight excluding hydrogens is 460 g/mol. The molecule has 1 aliphatic carbocycles. The lowest BCUT2D eigenvalue weighted by atomic mass is 9.83. The zero-order valence-corrected chi connectivity index (χ0v) is 22.2. The third-order valence-corrected chi connectivity index (χ3v) is 7.95. The molecule has 4 rings (SSSR count). The first-order chi connectivity index (χ1) is 17.9. The van der Waals surface area contributed by atoms with E-state index < -0.39 is 5.97 Å². The normalized spacial score (nSPS) is 15.3. The van der Waals surface area contributed by atoms with Crippen molar-refractivity contribution in [1.82, 2.24) is 4.98 Å². The topological polar surface area (TPSA) is 79.3 Å². The third kappa shape index (κ3) is 6.27. The van der Waals surface area contributed by atoms with E-state index in [1.54, 1.807) is 0 Å². The molecule has 5 heteroatoms. The smallest absolute Gasteiger partial charge is 0.303 e. The summed E-state index contributed by atoms with van der Waals surface area (Å²) in [5.41, 5.74) is 7.15. The molecule has 0 unspecified atom stereocenters. The largest absolute Gasteiger partial charge is 0.481 e. The van der Waals surface area contributed by atoms with Gasteiger partial charge >= 0.3 is 5.97 Å². The number of benzene rings is 2. The van der Waals surface area contributed by atoms with Gasteiger partial charge in [-0.05, 0) is 84.4 Å². The van der Waals surface area contributed by atoms with Gasteiger partial charge in [0, 0.05) is 23.6 Å². The van der Waals surface area contributed by atoms with Crippen LogP contribution in [-0.2, 0) is 16.0 Å². The van der Waals surface area contributed by atoms with E-state index in [0.29, 0.717) is 5.92 Å². The van der Waals surface area contributed by atoms with Gasteiger partial charge in [0.25, 0.3) is 0 Å². The fourth-order valence-electron chi connectivity index (χ4n) is 5.78. The van der Waals surface area contributed by atoms with Crippen LogP contribution in [0.25, 0.3) is 11.1 Å². The molecule has 194 valence electrons. The molecule has 2 aromatic carbocycles. The van der Waals surface area contributed by atoms with Crippen molar-refractivity contribution in [3.63, 3.8) is 0 Å². The van der Waals surface area contributed by atoms with Crippen molar-refractivity contribution < 1.29 is 14.7 Å². The Morgan fingerprint density at radius 3 is 2.41 bits per heavy atom. The number of carbonyl (C=O) groups excluding carboxylic acids is 1. The van der Waals surface area contributed by atoms with Crippen LogP contribution in [0.15, 0.2) is 60.9 Å². The van der Waals surface area contributed by atoms with Gasteiger partial charge in [-0.3, -0.25) is 14.6 Å². The first kappa shape index (κ1) is 26.6.